The number of nitro benzene ring substituents is 1. The smallest absolute Gasteiger partial charge is 0.269 e. The van der Waals surface area contributed by atoms with Gasteiger partial charge in [-0.3, -0.25) is 10.1 Å². The fraction of sp³-hybridized carbons (Fsp3) is 0.333. The SMILES string of the molecule is CS(=O)(=O)[C@H](Br)[C@@H](O)c1cccc([N+](=O)[O-])c1. The number of non-ortho nitro benzene ring substituents is 1. The number of benzene rings is 1. The number of halogens is 1. The van der Waals surface area contributed by atoms with Gasteiger partial charge in [0.05, 0.1) is 4.92 Å². The molecule has 0 heterocycles. The number of hydrogen-bond acceptors (Lipinski definition) is 5. The second-order valence-electron chi connectivity index (χ2n) is 3.48. The van der Waals surface area contributed by atoms with Crippen molar-refractivity contribution in [3.05, 3.63) is 39.9 Å². The van der Waals surface area contributed by atoms with E-state index < -0.39 is 25.0 Å². The summed E-state index contributed by atoms with van der Waals surface area (Å²) in [6, 6.07) is 5.22. The number of rotatable bonds is 4. The van der Waals surface area contributed by atoms with Gasteiger partial charge in [-0.1, -0.05) is 28.1 Å². The molecule has 8 heteroatoms. The van der Waals surface area contributed by atoms with Gasteiger partial charge in [-0.25, -0.2) is 8.42 Å². The van der Waals surface area contributed by atoms with E-state index in [9.17, 15) is 23.6 Å². The summed E-state index contributed by atoms with van der Waals surface area (Å²) in [4.78, 5) is 9.93. The molecule has 0 aliphatic heterocycles. The van der Waals surface area contributed by atoms with E-state index in [1.165, 1.54) is 18.2 Å². The molecule has 0 unspecified atom stereocenters. The molecule has 1 aromatic carbocycles. The maximum absolute atomic E-state index is 11.2. The zero-order valence-electron chi connectivity index (χ0n) is 8.78. The molecule has 0 amide bonds. The summed E-state index contributed by atoms with van der Waals surface area (Å²) in [5, 5.41) is 20.3. The van der Waals surface area contributed by atoms with Gasteiger partial charge in [-0.2, -0.15) is 0 Å². The highest BCUT2D eigenvalue weighted by atomic mass is 79.9. The van der Waals surface area contributed by atoms with Crippen LogP contribution in [0, 0.1) is 10.1 Å². The standard InChI is InChI=1S/C9H10BrNO5S/c1-17(15,16)9(10)8(12)6-3-2-4-7(5-6)11(13)14/h2-5,8-9,12H,1H3/t8-,9-/m0/s1. The van der Waals surface area contributed by atoms with Crippen LogP contribution in [0.4, 0.5) is 5.69 Å². The van der Waals surface area contributed by atoms with Crippen molar-refractivity contribution in [2.24, 2.45) is 0 Å². The predicted molar refractivity (Wildman–Crippen MR) is 65.6 cm³/mol. The Hall–Kier alpha value is -0.990. The van der Waals surface area contributed by atoms with E-state index in [-0.39, 0.29) is 11.3 Å². The number of nitro groups is 1. The number of hydrogen-bond donors (Lipinski definition) is 1. The first-order valence-corrected chi connectivity index (χ1v) is 7.36. The molecule has 1 aromatic rings. The Morgan fingerprint density at radius 3 is 2.53 bits per heavy atom. The van der Waals surface area contributed by atoms with E-state index in [0.717, 1.165) is 12.3 Å². The lowest BCUT2D eigenvalue weighted by Crippen LogP contribution is -2.21. The van der Waals surface area contributed by atoms with Crippen molar-refractivity contribution in [3.8, 4) is 0 Å². The van der Waals surface area contributed by atoms with Gasteiger partial charge < -0.3 is 5.11 Å². The van der Waals surface area contributed by atoms with Crippen molar-refractivity contribution in [2.75, 3.05) is 6.26 Å². The van der Waals surface area contributed by atoms with Crippen LogP contribution in [0.25, 0.3) is 0 Å². The minimum absolute atomic E-state index is 0.173. The summed E-state index contributed by atoms with van der Waals surface area (Å²) in [5.41, 5.74) is -0.0266. The third-order valence-electron chi connectivity index (χ3n) is 2.08. The highest BCUT2D eigenvalue weighted by Gasteiger charge is 2.28. The molecule has 0 aliphatic carbocycles. The van der Waals surface area contributed by atoms with Crippen LogP contribution in [-0.4, -0.2) is 28.9 Å². The summed E-state index contributed by atoms with van der Waals surface area (Å²) >= 11 is 2.85. The quantitative estimate of drug-likeness (QED) is 0.513. The molecule has 0 fully saturated rings. The van der Waals surface area contributed by atoms with Crippen LogP contribution in [-0.2, 0) is 9.84 Å². The number of nitrogens with zero attached hydrogens (tertiary/aromatic N) is 1. The van der Waals surface area contributed by atoms with Gasteiger partial charge in [0.2, 0.25) is 0 Å². The second-order valence-corrected chi connectivity index (χ2v) is 7.24. The Morgan fingerprint density at radius 1 is 1.47 bits per heavy atom. The Kier molecular flexibility index (Phi) is 4.23. The number of aliphatic hydroxyl groups is 1. The fourth-order valence-electron chi connectivity index (χ4n) is 1.21. The van der Waals surface area contributed by atoms with Crippen LogP contribution >= 0.6 is 15.9 Å². The van der Waals surface area contributed by atoms with Crippen LogP contribution in [0.5, 0.6) is 0 Å². The van der Waals surface area contributed by atoms with Gasteiger partial charge in [0.25, 0.3) is 5.69 Å². The van der Waals surface area contributed by atoms with Crippen LogP contribution in [0.2, 0.25) is 0 Å². The summed E-state index contributed by atoms with van der Waals surface area (Å²) < 4.78 is 21.3. The first-order valence-electron chi connectivity index (χ1n) is 4.49. The number of alkyl halides is 1. The molecule has 0 spiro atoms. The molecular formula is C9H10BrNO5S. The van der Waals surface area contributed by atoms with E-state index in [2.05, 4.69) is 15.9 Å². The van der Waals surface area contributed by atoms with Gasteiger partial charge in [0, 0.05) is 18.4 Å². The highest BCUT2D eigenvalue weighted by molar-refractivity contribution is 9.11. The van der Waals surface area contributed by atoms with Crippen molar-refractivity contribution >= 4 is 31.5 Å². The molecule has 1 rings (SSSR count). The van der Waals surface area contributed by atoms with Crippen molar-refractivity contribution < 1.29 is 18.4 Å². The zero-order valence-corrected chi connectivity index (χ0v) is 11.2. The summed E-state index contributed by atoms with van der Waals surface area (Å²) in [7, 11) is -3.49. The first-order chi connectivity index (χ1) is 7.73. The van der Waals surface area contributed by atoms with Gasteiger partial charge >= 0.3 is 0 Å². The summed E-state index contributed by atoms with van der Waals surface area (Å²) in [6.07, 6.45) is -0.391. The maximum Gasteiger partial charge on any atom is 0.269 e. The molecule has 1 N–H and O–H groups in total. The third kappa shape index (κ3) is 3.48. The molecule has 0 radical (unpaired) electrons. The van der Waals surface area contributed by atoms with Crippen LogP contribution in [0.1, 0.15) is 11.7 Å². The lowest BCUT2D eigenvalue weighted by Gasteiger charge is -2.15. The number of sulfone groups is 1. The van der Waals surface area contributed by atoms with Crippen molar-refractivity contribution in [1.29, 1.82) is 0 Å². The van der Waals surface area contributed by atoms with Gasteiger partial charge in [-0.15, -0.1) is 0 Å². The molecule has 17 heavy (non-hydrogen) atoms. The Balaban J connectivity index is 3.09. The molecule has 0 aliphatic rings. The minimum Gasteiger partial charge on any atom is -0.386 e. The van der Waals surface area contributed by atoms with E-state index in [4.69, 9.17) is 0 Å². The Morgan fingerprint density at radius 2 is 2.06 bits per heavy atom. The minimum atomic E-state index is -3.49. The predicted octanol–water partition coefficient (Wildman–Crippen LogP) is 1.39. The largest absolute Gasteiger partial charge is 0.386 e. The first kappa shape index (κ1) is 14.1. The highest BCUT2D eigenvalue weighted by Crippen LogP contribution is 2.28. The normalized spacial score (nSPS) is 15.2. The van der Waals surface area contributed by atoms with Crippen molar-refractivity contribution in [3.63, 3.8) is 0 Å². The zero-order chi connectivity index (χ0) is 13.2. The Labute approximate surface area is 106 Å². The maximum atomic E-state index is 11.2. The fourth-order valence-corrected chi connectivity index (χ4v) is 2.14. The molecule has 2 atom stereocenters. The van der Waals surface area contributed by atoms with Crippen LogP contribution < -0.4 is 0 Å². The molecule has 0 bridgehead atoms. The van der Waals surface area contributed by atoms with Gasteiger partial charge in [0.15, 0.2) is 9.84 Å². The molecule has 0 saturated heterocycles. The lowest BCUT2D eigenvalue weighted by molar-refractivity contribution is -0.385. The third-order valence-corrected chi connectivity index (χ3v) is 5.69. The lowest BCUT2D eigenvalue weighted by atomic mass is 10.1. The summed E-state index contributed by atoms with van der Waals surface area (Å²) in [5.74, 6) is 0. The number of aliphatic hydroxyl groups excluding tert-OH is 1. The molecule has 0 saturated carbocycles. The van der Waals surface area contributed by atoms with E-state index >= 15 is 0 Å². The summed E-state index contributed by atoms with van der Waals surface area (Å²) in [6.45, 7) is 0. The van der Waals surface area contributed by atoms with E-state index in [1.807, 2.05) is 0 Å². The van der Waals surface area contributed by atoms with E-state index in [0.29, 0.717) is 0 Å². The molecular weight excluding hydrogens is 314 g/mol. The van der Waals surface area contributed by atoms with Gasteiger partial charge in [-0.05, 0) is 5.56 Å². The Bertz CT molecular complexity index is 530. The van der Waals surface area contributed by atoms with Crippen LogP contribution in [0.15, 0.2) is 24.3 Å². The van der Waals surface area contributed by atoms with Crippen LogP contribution in [0.3, 0.4) is 0 Å². The average Bonchev–Trinajstić information content (AvgIpc) is 2.26. The topological polar surface area (TPSA) is 97.5 Å². The van der Waals surface area contributed by atoms with E-state index in [1.54, 1.807) is 0 Å². The second kappa shape index (κ2) is 5.11. The molecule has 6 nitrogen and oxygen atoms in total. The average molecular weight is 324 g/mol. The molecule has 0 aromatic heterocycles. The van der Waals surface area contributed by atoms with Gasteiger partial charge in [0.1, 0.15) is 10.3 Å². The van der Waals surface area contributed by atoms with Crippen molar-refractivity contribution in [1.82, 2.24) is 0 Å². The molecule has 94 valence electrons. The monoisotopic (exact) mass is 323 g/mol. The van der Waals surface area contributed by atoms with Crippen molar-refractivity contribution in [2.45, 2.75) is 10.3 Å².